The molecule has 7 heteroatoms. The number of amides is 2. The monoisotopic (exact) mass is 353 g/mol. The first-order chi connectivity index (χ1) is 11.3. The number of methoxy groups -OCH3 is 1. The maximum atomic E-state index is 12.8. The van der Waals surface area contributed by atoms with E-state index in [1.807, 2.05) is 20.8 Å². The predicted molar refractivity (Wildman–Crippen MR) is 94.2 cm³/mol. The molecule has 2 amide bonds. The van der Waals surface area contributed by atoms with Gasteiger partial charge in [0.05, 0.1) is 13.7 Å². The van der Waals surface area contributed by atoms with Gasteiger partial charge in [0.25, 0.3) is 0 Å². The summed E-state index contributed by atoms with van der Waals surface area (Å²) >= 11 is 1.37. The Morgan fingerprint density at radius 1 is 1.33 bits per heavy atom. The number of carbonyl (C=O) groups excluding carboxylic acids is 2. The normalized spacial score (nSPS) is 15.8. The Morgan fingerprint density at radius 3 is 2.58 bits per heavy atom. The molecule has 0 aliphatic heterocycles. The first-order valence-electron chi connectivity index (χ1n) is 8.42. The van der Waals surface area contributed by atoms with E-state index in [-0.39, 0.29) is 17.6 Å². The van der Waals surface area contributed by atoms with Crippen LogP contribution < -0.4 is 5.32 Å². The van der Waals surface area contributed by atoms with Crippen LogP contribution in [0.1, 0.15) is 68.4 Å². The van der Waals surface area contributed by atoms with Gasteiger partial charge in [-0.2, -0.15) is 0 Å². The van der Waals surface area contributed by atoms with E-state index >= 15 is 0 Å². The lowest BCUT2D eigenvalue weighted by Gasteiger charge is -2.36. The zero-order chi connectivity index (χ0) is 17.7. The Hall–Kier alpha value is -1.63. The number of nitrogens with one attached hydrogen (secondary N) is 1. The quantitative estimate of drug-likeness (QED) is 0.840. The molecule has 0 bridgehead atoms. The summed E-state index contributed by atoms with van der Waals surface area (Å²) in [6.07, 6.45) is 5.70. The van der Waals surface area contributed by atoms with E-state index in [2.05, 4.69) is 15.0 Å². The number of urea groups is 1. The van der Waals surface area contributed by atoms with Crippen LogP contribution in [0.3, 0.4) is 0 Å². The Morgan fingerprint density at radius 2 is 2.00 bits per heavy atom. The van der Waals surface area contributed by atoms with Gasteiger partial charge in [-0.25, -0.2) is 14.6 Å². The highest BCUT2D eigenvalue weighted by atomic mass is 32.1. The van der Waals surface area contributed by atoms with Gasteiger partial charge in [0, 0.05) is 17.0 Å². The SMILES string of the molecule is COC(=O)c1csc(CN(C(=O)NC2CCCCC2)C(C)(C)C)n1. The van der Waals surface area contributed by atoms with Gasteiger partial charge in [-0.05, 0) is 33.6 Å². The van der Waals surface area contributed by atoms with Crippen molar-refractivity contribution in [2.24, 2.45) is 0 Å². The van der Waals surface area contributed by atoms with Gasteiger partial charge in [0.2, 0.25) is 0 Å². The van der Waals surface area contributed by atoms with Gasteiger partial charge >= 0.3 is 12.0 Å². The molecule has 0 saturated heterocycles. The molecule has 1 heterocycles. The summed E-state index contributed by atoms with van der Waals surface area (Å²) in [5.41, 5.74) is -0.0467. The summed E-state index contributed by atoms with van der Waals surface area (Å²) in [6, 6.07) is 0.197. The van der Waals surface area contributed by atoms with Crippen LogP contribution in [0, 0.1) is 0 Å². The van der Waals surface area contributed by atoms with E-state index in [0.29, 0.717) is 12.2 Å². The number of thiazole rings is 1. The van der Waals surface area contributed by atoms with Crippen molar-refractivity contribution in [1.29, 1.82) is 0 Å². The van der Waals surface area contributed by atoms with Gasteiger partial charge in [-0.1, -0.05) is 19.3 Å². The topological polar surface area (TPSA) is 71.5 Å². The highest BCUT2D eigenvalue weighted by Gasteiger charge is 2.29. The maximum Gasteiger partial charge on any atom is 0.357 e. The molecule has 1 N–H and O–H groups in total. The minimum absolute atomic E-state index is 0.0655. The van der Waals surface area contributed by atoms with Crippen LogP contribution in [0.25, 0.3) is 0 Å². The summed E-state index contributed by atoms with van der Waals surface area (Å²) in [4.78, 5) is 30.4. The van der Waals surface area contributed by atoms with Gasteiger partial charge in [0.15, 0.2) is 5.69 Å². The minimum Gasteiger partial charge on any atom is -0.464 e. The third-order valence-electron chi connectivity index (χ3n) is 4.23. The van der Waals surface area contributed by atoms with Crippen molar-refractivity contribution in [2.45, 2.75) is 71.0 Å². The summed E-state index contributed by atoms with van der Waals surface area (Å²) < 4.78 is 4.68. The van der Waals surface area contributed by atoms with E-state index in [1.165, 1.54) is 37.7 Å². The molecule has 1 aromatic heterocycles. The molecule has 0 atom stereocenters. The molecule has 1 aliphatic carbocycles. The molecule has 0 aromatic carbocycles. The van der Waals surface area contributed by atoms with Crippen molar-refractivity contribution >= 4 is 23.3 Å². The summed E-state index contributed by atoms with van der Waals surface area (Å²) in [5.74, 6) is -0.452. The molecule has 134 valence electrons. The number of carbonyl (C=O) groups is 2. The van der Waals surface area contributed by atoms with Crippen LogP contribution in [-0.2, 0) is 11.3 Å². The van der Waals surface area contributed by atoms with Gasteiger partial charge in [0.1, 0.15) is 5.01 Å². The van der Waals surface area contributed by atoms with E-state index in [4.69, 9.17) is 0 Å². The highest BCUT2D eigenvalue weighted by Crippen LogP contribution is 2.22. The zero-order valence-electron chi connectivity index (χ0n) is 14.9. The molecule has 2 rings (SSSR count). The second kappa shape index (κ2) is 7.96. The lowest BCUT2D eigenvalue weighted by Crippen LogP contribution is -2.52. The average Bonchev–Trinajstić information content (AvgIpc) is 3.00. The van der Waals surface area contributed by atoms with Crippen LogP contribution in [0.5, 0.6) is 0 Å². The fourth-order valence-electron chi connectivity index (χ4n) is 2.83. The second-order valence-electron chi connectivity index (χ2n) is 7.16. The first kappa shape index (κ1) is 18.7. The van der Waals surface area contributed by atoms with Crippen molar-refractivity contribution in [3.8, 4) is 0 Å². The van der Waals surface area contributed by atoms with Gasteiger partial charge in [-0.3, -0.25) is 0 Å². The Kier molecular flexibility index (Phi) is 6.21. The standard InChI is InChI=1S/C17H27N3O3S/c1-17(2,3)20(16(22)18-12-8-6-5-7-9-12)10-14-19-13(11-24-14)15(21)23-4/h11-12H,5-10H2,1-4H3,(H,18,22). The van der Waals surface area contributed by atoms with E-state index in [1.54, 1.807) is 10.3 Å². The minimum atomic E-state index is -0.452. The molecular weight excluding hydrogens is 326 g/mol. The lowest BCUT2D eigenvalue weighted by molar-refractivity contribution is 0.0594. The van der Waals surface area contributed by atoms with Crippen LogP contribution >= 0.6 is 11.3 Å². The lowest BCUT2D eigenvalue weighted by atomic mass is 9.95. The second-order valence-corrected chi connectivity index (χ2v) is 8.10. The third kappa shape index (κ3) is 4.93. The first-order valence-corrected chi connectivity index (χ1v) is 9.30. The van der Waals surface area contributed by atoms with Crippen LogP contribution in [0.4, 0.5) is 4.79 Å². The molecule has 1 saturated carbocycles. The Bertz CT molecular complexity index is 574. The van der Waals surface area contributed by atoms with Crippen molar-refractivity contribution in [2.75, 3.05) is 7.11 Å². The van der Waals surface area contributed by atoms with Crippen LogP contribution in [-0.4, -0.2) is 40.6 Å². The molecule has 0 radical (unpaired) electrons. The zero-order valence-corrected chi connectivity index (χ0v) is 15.7. The number of hydrogen-bond donors (Lipinski definition) is 1. The van der Waals surface area contributed by atoms with Crippen molar-refractivity contribution < 1.29 is 14.3 Å². The smallest absolute Gasteiger partial charge is 0.357 e. The van der Waals surface area contributed by atoms with E-state index in [9.17, 15) is 9.59 Å². The number of rotatable bonds is 4. The summed E-state index contributed by atoms with van der Waals surface area (Å²) in [7, 11) is 1.33. The van der Waals surface area contributed by atoms with Gasteiger partial charge < -0.3 is 15.0 Å². The van der Waals surface area contributed by atoms with Crippen molar-refractivity contribution in [3.63, 3.8) is 0 Å². The highest BCUT2D eigenvalue weighted by molar-refractivity contribution is 7.09. The average molecular weight is 353 g/mol. The predicted octanol–water partition coefficient (Wildman–Crippen LogP) is 3.57. The molecule has 0 spiro atoms. The number of esters is 1. The maximum absolute atomic E-state index is 12.8. The number of aromatic nitrogens is 1. The largest absolute Gasteiger partial charge is 0.464 e. The number of hydrogen-bond acceptors (Lipinski definition) is 5. The van der Waals surface area contributed by atoms with E-state index in [0.717, 1.165) is 17.8 Å². The van der Waals surface area contributed by atoms with Crippen LogP contribution in [0.2, 0.25) is 0 Å². The third-order valence-corrected chi connectivity index (χ3v) is 5.06. The van der Waals surface area contributed by atoms with Crippen molar-refractivity contribution in [3.05, 3.63) is 16.1 Å². The number of nitrogens with zero attached hydrogens (tertiary/aromatic N) is 2. The molecule has 1 aliphatic rings. The van der Waals surface area contributed by atoms with Crippen molar-refractivity contribution in [1.82, 2.24) is 15.2 Å². The summed E-state index contributed by atoms with van der Waals surface area (Å²) in [5, 5.41) is 5.55. The van der Waals surface area contributed by atoms with Crippen LogP contribution in [0.15, 0.2) is 5.38 Å². The molecule has 1 fully saturated rings. The number of ether oxygens (including phenoxy) is 1. The van der Waals surface area contributed by atoms with Gasteiger partial charge in [-0.15, -0.1) is 11.3 Å². The fraction of sp³-hybridized carbons (Fsp3) is 0.706. The molecular formula is C17H27N3O3S. The Balaban J connectivity index is 2.06. The Labute approximate surface area is 147 Å². The molecule has 6 nitrogen and oxygen atoms in total. The van der Waals surface area contributed by atoms with E-state index < -0.39 is 5.97 Å². The molecule has 0 unspecified atom stereocenters. The molecule has 24 heavy (non-hydrogen) atoms. The molecule has 1 aromatic rings. The fourth-order valence-corrected chi connectivity index (χ4v) is 3.58. The summed E-state index contributed by atoms with van der Waals surface area (Å²) in [6.45, 7) is 6.39.